The smallest absolute Gasteiger partial charge is 0.165 e. The van der Waals surface area contributed by atoms with Crippen LogP contribution in [0.25, 0.3) is 0 Å². The molecule has 0 aromatic heterocycles. The molecule has 0 heterocycles. The summed E-state index contributed by atoms with van der Waals surface area (Å²) >= 11 is 0. The lowest BCUT2D eigenvalue weighted by Crippen LogP contribution is -2.36. The third-order valence-electron chi connectivity index (χ3n) is 4.85. The van der Waals surface area contributed by atoms with E-state index in [1.165, 1.54) is 26.4 Å². The Bertz CT molecular complexity index is 472. The molecule has 21 heavy (non-hydrogen) atoms. The summed E-state index contributed by atoms with van der Waals surface area (Å²) in [6.07, 6.45) is 4.72. The van der Waals surface area contributed by atoms with Gasteiger partial charge >= 0.3 is 0 Å². The van der Waals surface area contributed by atoms with Crippen molar-refractivity contribution in [3.63, 3.8) is 0 Å². The monoisotopic (exact) mass is 293 g/mol. The first-order valence-electron chi connectivity index (χ1n) is 7.92. The van der Waals surface area contributed by atoms with Gasteiger partial charge in [-0.05, 0) is 74.2 Å². The highest BCUT2D eigenvalue weighted by atomic mass is 19.1. The summed E-state index contributed by atoms with van der Waals surface area (Å²) in [6.45, 7) is 5.76. The average molecular weight is 293 g/mol. The van der Waals surface area contributed by atoms with Crippen molar-refractivity contribution in [1.29, 1.82) is 0 Å². The van der Waals surface area contributed by atoms with E-state index in [0.717, 1.165) is 18.5 Å². The highest BCUT2D eigenvalue weighted by Crippen LogP contribution is 2.43. The lowest BCUT2D eigenvalue weighted by Gasteiger charge is -2.41. The fourth-order valence-corrected chi connectivity index (χ4v) is 3.70. The maximum Gasteiger partial charge on any atom is 0.165 e. The van der Waals surface area contributed by atoms with Crippen molar-refractivity contribution < 1.29 is 9.13 Å². The molecule has 0 saturated heterocycles. The van der Waals surface area contributed by atoms with Gasteiger partial charge in [0.1, 0.15) is 0 Å². The SMILES string of the molecule is CNCC1CCC(C)(C)CC1Cc1ccc(OC)c(F)c1. The molecular formula is C18H28FNO. The minimum absolute atomic E-state index is 0.254. The summed E-state index contributed by atoms with van der Waals surface area (Å²) < 4.78 is 18.9. The van der Waals surface area contributed by atoms with Gasteiger partial charge in [0.05, 0.1) is 7.11 Å². The van der Waals surface area contributed by atoms with E-state index in [1.807, 2.05) is 13.1 Å². The van der Waals surface area contributed by atoms with Crippen molar-refractivity contribution in [3.05, 3.63) is 29.6 Å². The molecule has 0 amide bonds. The normalized spacial score (nSPS) is 24.8. The Labute approximate surface area is 128 Å². The molecule has 1 saturated carbocycles. The van der Waals surface area contributed by atoms with Crippen molar-refractivity contribution in [1.82, 2.24) is 5.32 Å². The van der Waals surface area contributed by atoms with Crippen LogP contribution in [0.5, 0.6) is 5.75 Å². The van der Waals surface area contributed by atoms with Crippen molar-refractivity contribution in [3.8, 4) is 5.75 Å². The zero-order valence-corrected chi connectivity index (χ0v) is 13.7. The summed E-state index contributed by atoms with van der Waals surface area (Å²) in [7, 11) is 3.52. The first-order chi connectivity index (χ1) is 9.95. The number of ether oxygens (including phenoxy) is 1. The van der Waals surface area contributed by atoms with Gasteiger partial charge in [0.2, 0.25) is 0 Å². The van der Waals surface area contributed by atoms with Crippen LogP contribution in [0.3, 0.4) is 0 Å². The van der Waals surface area contributed by atoms with Crippen molar-refractivity contribution >= 4 is 0 Å². The maximum absolute atomic E-state index is 13.9. The van der Waals surface area contributed by atoms with Gasteiger partial charge in [-0.3, -0.25) is 0 Å². The molecule has 3 heteroatoms. The Kier molecular flexibility index (Phi) is 5.26. The van der Waals surface area contributed by atoms with E-state index in [1.54, 1.807) is 12.1 Å². The Morgan fingerprint density at radius 3 is 2.71 bits per heavy atom. The fourth-order valence-electron chi connectivity index (χ4n) is 3.70. The van der Waals surface area contributed by atoms with Crippen LogP contribution in [0.4, 0.5) is 4.39 Å². The Morgan fingerprint density at radius 1 is 1.33 bits per heavy atom. The first kappa shape index (κ1) is 16.3. The molecule has 2 atom stereocenters. The predicted molar refractivity (Wildman–Crippen MR) is 85.2 cm³/mol. The number of methoxy groups -OCH3 is 1. The minimum Gasteiger partial charge on any atom is -0.494 e. The van der Waals surface area contributed by atoms with Crippen molar-refractivity contribution in [2.24, 2.45) is 17.3 Å². The molecule has 1 aliphatic carbocycles. The second-order valence-electron chi connectivity index (χ2n) is 7.16. The molecule has 1 aromatic rings. The number of rotatable bonds is 5. The van der Waals surface area contributed by atoms with Crippen LogP contribution in [-0.4, -0.2) is 20.7 Å². The number of benzene rings is 1. The molecule has 2 unspecified atom stereocenters. The molecule has 0 aliphatic heterocycles. The van der Waals surface area contributed by atoms with Crippen LogP contribution in [0, 0.1) is 23.1 Å². The summed E-state index contributed by atoms with van der Waals surface area (Å²) in [5.41, 5.74) is 1.48. The molecule has 2 rings (SSSR count). The zero-order valence-electron chi connectivity index (χ0n) is 13.7. The van der Waals surface area contributed by atoms with Gasteiger partial charge in [0.15, 0.2) is 11.6 Å². The Morgan fingerprint density at radius 2 is 2.10 bits per heavy atom. The van der Waals surface area contributed by atoms with Gasteiger partial charge in [-0.2, -0.15) is 0 Å². The van der Waals surface area contributed by atoms with E-state index < -0.39 is 0 Å². The van der Waals surface area contributed by atoms with Crippen LogP contribution in [0.15, 0.2) is 18.2 Å². The van der Waals surface area contributed by atoms with Crippen LogP contribution in [-0.2, 0) is 6.42 Å². The topological polar surface area (TPSA) is 21.3 Å². The van der Waals surface area contributed by atoms with E-state index in [2.05, 4.69) is 19.2 Å². The summed E-state index contributed by atoms with van der Waals surface area (Å²) in [5.74, 6) is 1.38. The molecule has 0 bridgehead atoms. The third-order valence-corrected chi connectivity index (χ3v) is 4.85. The molecule has 1 fully saturated rings. The van der Waals surface area contributed by atoms with Crippen molar-refractivity contribution in [2.75, 3.05) is 20.7 Å². The van der Waals surface area contributed by atoms with Crippen LogP contribution in [0.2, 0.25) is 0 Å². The van der Waals surface area contributed by atoms with Gasteiger partial charge in [-0.25, -0.2) is 4.39 Å². The predicted octanol–water partition coefficient (Wildman–Crippen LogP) is 4.04. The van der Waals surface area contributed by atoms with Gasteiger partial charge in [-0.1, -0.05) is 19.9 Å². The summed E-state index contributed by atoms with van der Waals surface area (Å²) in [4.78, 5) is 0. The molecule has 0 spiro atoms. The number of halogens is 1. The van der Waals surface area contributed by atoms with Gasteiger partial charge in [0.25, 0.3) is 0 Å². The van der Waals surface area contributed by atoms with Crippen molar-refractivity contribution in [2.45, 2.75) is 39.5 Å². The number of hydrogen-bond acceptors (Lipinski definition) is 2. The number of nitrogens with one attached hydrogen (secondary N) is 1. The summed E-state index contributed by atoms with van der Waals surface area (Å²) in [5, 5.41) is 3.32. The third kappa shape index (κ3) is 4.19. The van der Waals surface area contributed by atoms with E-state index in [0.29, 0.717) is 23.0 Å². The van der Waals surface area contributed by atoms with Crippen LogP contribution >= 0.6 is 0 Å². The van der Waals surface area contributed by atoms with Crippen LogP contribution in [0.1, 0.15) is 38.7 Å². The second kappa shape index (κ2) is 6.78. The van der Waals surface area contributed by atoms with E-state index >= 15 is 0 Å². The highest BCUT2D eigenvalue weighted by Gasteiger charge is 2.34. The quantitative estimate of drug-likeness (QED) is 0.884. The molecule has 118 valence electrons. The number of hydrogen-bond donors (Lipinski definition) is 1. The van der Waals surface area contributed by atoms with Crippen LogP contribution < -0.4 is 10.1 Å². The zero-order chi connectivity index (χ0) is 15.5. The molecule has 1 N–H and O–H groups in total. The largest absolute Gasteiger partial charge is 0.494 e. The Hall–Kier alpha value is -1.09. The lowest BCUT2D eigenvalue weighted by molar-refractivity contribution is 0.117. The molecule has 1 aliphatic rings. The molecule has 0 radical (unpaired) electrons. The first-order valence-corrected chi connectivity index (χ1v) is 7.92. The highest BCUT2D eigenvalue weighted by molar-refractivity contribution is 5.29. The molecular weight excluding hydrogens is 265 g/mol. The molecule has 1 aromatic carbocycles. The maximum atomic E-state index is 13.9. The van der Waals surface area contributed by atoms with E-state index in [9.17, 15) is 4.39 Å². The van der Waals surface area contributed by atoms with E-state index in [-0.39, 0.29) is 5.82 Å². The Balaban J connectivity index is 2.12. The summed E-state index contributed by atoms with van der Waals surface area (Å²) in [6, 6.07) is 5.38. The fraction of sp³-hybridized carbons (Fsp3) is 0.667. The average Bonchev–Trinajstić information content (AvgIpc) is 2.42. The second-order valence-corrected chi connectivity index (χ2v) is 7.16. The molecule has 2 nitrogen and oxygen atoms in total. The lowest BCUT2D eigenvalue weighted by atomic mass is 9.65. The van der Waals surface area contributed by atoms with Gasteiger partial charge in [0, 0.05) is 0 Å². The van der Waals surface area contributed by atoms with E-state index in [4.69, 9.17) is 4.74 Å². The van der Waals surface area contributed by atoms with Gasteiger partial charge in [-0.15, -0.1) is 0 Å². The minimum atomic E-state index is -0.254. The standard InChI is InChI=1S/C18H28FNO/c1-18(2)8-7-14(12-20-3)15(11-18)9-13-5-6-17(21-4)16(19)10-13/h5-6,10,14-15,20H,7-9,11-12H2,1-4H3. The van der Waals surface area contributed by atoms with Gasteiger partial charge < -0.3 is 10.1 Å².